The minimum absolute atomic E-state index is 0.0347. The van der Waals surface area contributed by atoms with E-state index in [9.17, 15) is 229 Å². The van der Waals surface area contributed by atoms with Crippen LogP contribution in [-0.2, 0) is 4.74 Å². The highest BCUT2D eigenvalue weighted by molar-refractivity contribution is 5.91. The van der Waals surface area contributed by atoms with Crippen molar-refractivity contribution in [3.63, 3.8) is 0 Å². The molecule has 0 spiro atoms. The molecule has 0 aliphatic heterocycles. The van der Waals surface area contributed by atoms with Gasteiger partial charge in [-0.3, -0.25) is 0 Å². The third-order valence-electron chi connectivity index (χ3n) is 13.3. The fourth-order valence-corrected chi connectivity index (χ4v) is 7.21. The Hall–Kier alpha value is -5.48. The van der Waals surface area contributed by atoms with E-state index in [0.29, 0.717) is 0 Å². The number of ether oxygens (including phenoxy) is 4. The lowest BCUT2D eigenvalue weighted by Gasteiger charge is -2.42. The van der Waals surface area contributed by atoms with Gasteiger partial charge in [-0.25, -0.2) is 4.79 Å². The highest BCUT2D eigenvalue weighted by Crippen LogP contribution is 2.69. The van der Waals surface area contributed by atoms with Crippen molar-refractivity contribution < 1.29 is 248 Å². The molecule has 0 aliphatic rings. The van der Waals surface area contributed by atoms with Gasteiger partial charge in [0.25, 0.3) is 0 Å². The zero-order valence-electron chi connectivity index (χ0n) is 47.2. The molecule has 101 heavy (non-hydrogen) atoms. The standard InChI is InChI=1S/C45H31F51O5/c1-2-98-21(97)17-15-18(99-12-6-3-9-22(46,47)25(52,53)28(58,59)31(64,65)34(70,71)37(76,77)40(82,83)43(88,89)90)20(101-14-8-5-11-24(50,51)27(56,57)30(62,63)33(68,69)36(74,75)39(80,81)42(86,87)45(94,95)96)19(16-17)100-13-7-4-10-23(48,49)26(54,55)29(60,61)32(66,67)35(72,73)38(78,79)41(84,85)44(91,92)93/h15-16H,2-14H2,1H3. The highest BCUT2D eigenvalue weighted by atomic mass is 19.5. The monoisotopic (exact) mass is 1620 g/mol. The molecule has 56 heteroatoms. The molecule has 0 heterocycles. The number of carbonyl (C=O) groups excluding carboxylic acids is 1. The van der Waals surface area contributed by atoms with E-state index >= 15 is 0 Å². The van der Waals surface area contributed by atoms with Crippen molar-refractivity contribution in [3.8, 4) is 17.2 Å². The third-order valence-corrected chi connectivity index (χ3v) is 13.3. The molecule has 598 valence electrons. The van der Waals surface area contributed by atoms with E-state index in [0.717, 1.165) is 6.92 Å². The second-order valence-corrected chi connectivity index (χ2v) is 20.4. The molecule has 1 aromatic carbocycles. The molecule has 0 aromatic heterocycles. The largest absolute Gasteiger partial charge is 0.490 e. The minimum atomic E-state index is -9.13. The van der Waals surface area contributed by atoms with Gasteiger partial charge >= 0.3 is 149 Å². The van der Waals surface area contributed by atoms with E-state index in [2.05, 4.69) is 4.74 Å². The molecule has 0 radical (unpaired) electrons. The first-order valence-corrected chi connectivity index (χ1v) is 25.2. The van der Waals surface area contributed by atoms with Gasteiger partial charge in [0.2, 0.25) is 5.75 Å². The van der Waals surface area contributed by atoms with Gasteiger partial charge in [0.15, 0.2) is 11.5 Å². The van der Waals surface area contributed by atoms with Gasteiger partial charge in [-0.2, -0.15) is 224 Å². The summed E-state index contributed by atoms with van der Waals surface area (Å²) in [6.45, 7) is -5.43. The van der Waals surface area contributed by atoms with Crippen molar-refractivity contribution in [2.24, 2.45) is 0 Å². The molecule has 0 bridgehead atoms. The second kappa shape index (κ2) is 27.8. The van der Waals surface area contributed by atoms with E-state index in [1.54, 1.807) is 0 Å². The average molecular weight is 1620 g/mol. The summed E-state index contributed by atoms with van der Waals surface area (Å²) in [7, 11) is 0. The van der Waals surface area contributed by atoms with Crippen molar-refractivity contribution >= 4 is 5.97 Å². The third kappa shape index (κ3) is 14.8. The van der Waals surface area contributed by atoms with E-state index in [-0.39, 0.29) is 12.1 Å². The Kier molecular flexibility index (Phi) is 25.7. The number of halogens is 51. The lowest BCUT2D eigenvalue weighted by molar-refractivity contribution is -0.461. The normalized spacial score (nSPS) is 15.9. The lowest BCUT2D eigenvalue weighted by Crippen LogP contribution is -2.74. The molecule has 5 nitrogen and oxygen atoms in total. The van der Waals surface area contributed by atoms with Crippen LogP contribution in [0.15, 0.2) is 12.1 Å². The SMILES string of the molecule is CCOC(=O)c1cc(OCCCCC(F)(F)C(F)(F)C(F)(F)C(F)(F)C(F)(F)C(F)(F)C(F)(F)C(F)(F)F)c(OCCCCC(F)(F)C(F)(F)C(F)(F)C(F)(F)C(F)(F)C(F)(F)C(F)(F)C(F)(F)F)c(OCCCCC(F)(F)C(F)(F)C(F)(F)C(F)(F)C(F)(F)C(F)(F)C(F)(F)C(F)(F)F)c1. The van der Waals surface area contributed by atoms with Gasteiger partial charge in [-0.15, -0.1) is 0 Å². The van der Waals surface area contributed by atoms with Crippen molar-refractivity contribution in [2.45, 2.75) is 208 Å². The summed E-state index contributed by atoms with van der Waals surface area (Å²) in [5, 5.41) is 0. The van der Waals surface area contributed by atoms with Crippen LogP contribution >= 0.6 is 0 Å². The minimum Gasteiger partial charge on any atom is -0.490 e. The van der Waals surface area contributed by atoms with Crippen LogP contribution in [0.1, 0.15) is 75.1 Å². The van der Waals surface area contributed by atoms with Gasteiger partial charge in [-0.1, -0.05) is 0 Å². The molecule has 1 rings (SSSR count). The zero-order chi connectivity index (χ0) is 81.3. The topological polar surface area (TPSA) is 54.0 Å². The maximum atomic E-state index is 14.6. The molecule has 0 aliphatic carbocycles. The fourth-order valence-electron chi connectivity index (χ4n) is 7.21. The lowest BCUT2D eigenvalue weighted by atomic mass is 9.88. The summed E-state index contributed by atoms with van der Waals surface area (Å²) in [5.74, 6) is -187. The smallest absolute Gasteiger partial charge is 0.460 e. The first kappa shape index (κ1) is 93.5. The Balaban J connectivity index is 3.96. The summed E-state index contributed by atoms with van der Waals surface area (Å²) in [6.07, 6.45) is -46.0. The summed E-state index contributed by atoms with van der Waals surface area (Å²) in [4.78, 5) is 12.7. The first-order chi connectivity index (χ1) is 43.9. The van der Waals surface area contributed by atoms with Crippen LogP contribution in [0.4, 0.5) is 224 Å². The van der Waals surface area contributed by atoms with Crippen molar-refractivity contribution in [1.29, 1.82) is 0 Å². The summed E-state index contributed by atoms with van der Waals surface area (Å²) in [5.41, 5.74) is -1.29. The van der Waals surface area contributed by atoms with Gasteiger partial charge in [0.1, 0.15) is 0 Å². The molecule has 0 atom stereocenters. The van der Waals surface area contributed by atoms with Gasteiger partial charge in [0.05, 0.1) is 32.0 Å². The Bertz CT molecular complexity index is 2820. The van der Waals surface area contributed by atoms with Crippen LogP contribution in [-0.4, -0.2) is 175 Å². The molecule has 0 saturated carbocycles. The Morgan fingerprint density at radius 3 is 0.624 bits per heavy atom. The van der Waals surface area contributed by atoms with Crippen LogP contribution in [0.25, 0.3) is 0 Å². The Morgan fingerprint density at radius 2 is 0.436 bits per heavy atom. The van der Waals surface area contributed by atoms with E-state index in [1.165, 1.54) is 0 Å². The van der Waals surface area contributed by atoms with Gasteiger partial charge in [0, 0.05) is 19.3 Å². The highest BCUT2D eigenvalue weighted by Gasteiger charge is 2.98. The first-order valence-electron chi connectivity index (χ1n) is 25.2. The molecule has 0 saturated heterocycles. The number of carbonyl (C=O) groups is 1. The molecular weight excluding hydrogens is 1590 g/mol. The summed E-state index contributed by atoms with van der Waals surface area (Å²) < 4.78 is 720. The second-order valence-electron chi connectivity index (χ2n) is 20.4. The fraction of sp³-hybridized carbons (Fsp3) is 0.844. The average Bonchev–Trinajstić information content (AvgIpc) is 0.707. The number of unbranched alkanes of at least 4 members (excludes halogenated alkanes) is 3. The predicted octanol–water partition coefficient (Wildman–Crippen LogP) is 21.5. The summed E-state index contributed by atoms with van der Waals surface area (Å²) in [6, 6.07) is 0.0693. The summed E-state index contributed by atoms with van der Waals surface area (Å²) >= 11 is 0. The molecule has 0 fully saturated rings. The van der Waals surface area contributed by atoms with Crippen LogP contribution in [0.5, 0.6) is 17.2 Å². The van der Waals surface area contributed by atoms with E-state index in [4.69, 9.17) is 14.2 Å². The molecular formula is C45H31F51O5. The quantitative estimate of drug-likeness (QED) is 0.0375. The van der Waals surface area contributed by atoms with Crippen LogP contribution in [0.2, 0.25) is 0 Å². The van der Waals surface area contributed by atoms with Crippen LogP contribution < -0.4 is 14.2 Å². The van der Waals surface area contributed by atoms with Crippen LogP contribution in [0, 0.1) is 0 Å². The number of hydrogen-bond acceptors (Lipinski definition) is 5. The maximum Gasteiger partial charge on any atom is 0.460 e. The predicted molar refractivity (Wildman–Crippen MR) is 222 cm³/mol. The van der Waals surface area contributed by atoms with Crippen molar-refractivity contribution in [3.05, 3.63) is 17.7 Å². The van der Waals surface area contributed by atoms with Crippen molar-refractivity contribution in [2.75, 3.05) is 26.4 Å². The Morgan fingerprint density at radius 1 is 0.257 bits per heavy atom. The molecule has 0 unspecified atom stereocenters. The van der Waals surface area contributed by atoms with E-state index in [1.807, 2.05) is 0 Å². The molecule has 0 amide bonds. The molecule has 1 aromatic rings. The number of hydrogen-bond donors (Lipinski definition) is 0. The number of rotatable bonds is 38. The van der Waals surface area contributed by atoms with Crippen molar-refractivity contribution in [1.82, 2.24) is 0 Å². The number of benzene rings is 1. The maximum absolute atomic E-state index is 14.6. The van der Waals surface area contributed by atoms with Crippen LogP contribution in [0.3, 0.4) is 0 Å². The Labute approximate surface area is 523 Å². The number of esters is 1. The number of alkyl halides is 51. The molecule has 0 N–H and O–H groups in total. The zero-order valence-corrected chi connectivity index (χ0v) is 47.2. The van der Waals surface area contributed by atoms with E-state index < -0.39 is 256 Å². The van der Waals surface area contributed by atoms with Gasteiger partial charge in [-0.05, 0) is 57.6 Å². The van der Waals surface area contributed by atoms with Gasteiger partial charge < -0.3 is 18.9 Å².